The van der Waals surface area contributed by atoms with Crippen LogP contribution < -0.4 is 0 Å². The van der Waals surface area contributed by atoms with E-state index in [0.717, 1.165) is 6.42 Å². The summed E-state index contributed by atoms with van der Waals surface area (Å²) in [6.45, 7) is 4.29. The molecule has 0 aliphatic carbocycles. The number of rotatable bonds is 6. The second-order valence-corrected chi connectivity index (χ2v) is 6.88. The van der Waals surface area contributed by atoms with Crippen LogP contribution in [0, 0.1) is 23.2 Å². The van der Waals surface area contributed by atoms with Gasteiger partial charge in [0.25, 0.3) is 0 Å². The molecule has 1 heterocycles. The molecule has 1 aliphatic rings. The maximum Gasteiger partial charge on any atom is 0.328 e. The molecule has 2 rings (SSSR count). The number of amides is 1. The van der Waals surface area contributed by atoms with E-state index in [1.807, 2.05) is 19.9 Å². The first-order chi connectivity index (χ1) is 12.4. The number of hydrogen-bond donors (Lipinski definition) is 0. The van der Waals surface area contributed by atoms with Crippen molar-refractivity contribution in [3.8, 4) is 6.07 Å². The summed E-state index contributed by atoms with van der Waals surface area (Å²) in [5, 5.41) is 8.98. The smallest absolute Gasteiger partial charge is 0.328 e. The molecule has 1 amide bonds. The van der Waals surface area contributed by atoms with Gasteiger partial charge in [-0.05, 0) is 30.9 Å². The summed E-state index contributed by atoms with van der Waals surface area (Å²) in [5.74, 6) is -1.34. The van der Waals surface area contributed by atoms with Crippen molar-refractivity contribution in [2.24, 2.45) is 11.8 Å². The first-order valence-electron chi connectivity index (χ1n) is 8.80. The van der Waals surface area contributed by atoms with Crippen LogP contribution >= 0.6 is 0 Å². The van der Waals surface area contributed by atoms with E-state index in [0.29, 0.717) is 24.1 Å². The molecule has 0 N–H and O–H groups in total. The van der Waals surface area contributed by atoms with E-state index < -0.39 is 17.9 Å². The van der Waals surface area contributed by atoms with Crippen LogP contribution in [0.1, 0.15) is 49.0 Å². The number of carbonyl (C=O) groups is 3. The van der Waals surface area contributed by atoms with E-state index in [9.17, 15) is 14.4 Å². The summed E-state index contributed by atoms with van der Waals surface area (Å²) in [5.41, 5.74) is 0.835. The third kappa shape index (κ3) is 4.29. The topological polar surface area (TPSA) is 87.5 Å². The van der Waals surface area contributed by atoms with Crippen LogP contribution in [0.5, 0.6) is 0 Å². The number of ether oxygens (including phenoxy) is 1. The van der Waals surface area contributed by atoms with Crippen molar-refractivity contribution in [3.05, 3.63) is 35.4 Å². The first-order valence-corrected chi connectivity index (χ1v) is 8.80. The molecule has 1 saturated heterocycles. The first kappa shape index (κ1) is 19.6. The third-order valence-electron chi connectivity index (χ3n) is 4.85. The van der Waals surface area contributed by atoms with Gasteiger partial charge in [0.2, 0.25) is 5.91 Å². The second-order valence-electron chi connectivity index (χ2n) is 6.88. The molecule has 2 atom stereocenters. The maximum absolute atomic E-state index is 13.0. The third-order valence-corrected chi connectivity index (χ3v) is 4.85. The molecule has 0 bridgehead atoms. The van der Waals surface area contributed by atoms with Gasteiger partial charge in [-0.1, -0.05) is 26.0 Å². The lowest BCUT2D eigenvalue weighted by molar-refractivity contribution is -0.152. The lowest BCUT2D eigenvalue weighted by Gasteiger charge is -2.29. The molecule has 0 spiro atoms. The van der Waals surface area contributed by atoms with Gasteiger partial charge >= 0.3 is 5.97 Å². The van der Waals surface area contributed by atoms with Crippen LogP contribution in [0.15, 0.2) is 24.3 Å². The number of nitrogens with zero attached hydrogens (tertiary/aromatic N) is 2. The van der Waals surface area contributed by atoms with Crippen molar-refractivity contribution in [2.45, 2.75) is 39.2 Å². The molecule has 1 aromatic rings. The van der Waals surface area contributed by atoms with Gasteiger partial charge in [0.05, 0.1) is 18.7 Å². The minimum atomic E-state index is -0.564. The molecule has 1 aliphatic heterocycles. The number of likely N-dealkylation sites (tertiary alicyclic amines) is 1. The van der Waals surface area contributed by atoms with Crippen LogP contribution in [0.4, 0.5) is 0 Å². The van der Waals surface area contributed by atoms with Crippen molar-refractivity contribution in [3.63, 3.8) is 0 Å². The zero-order valence-electron chi connectivity index (χ0n) is 15.4. The van der Waals surface area contributed by atoms with E-state index in [2.05, 4.69) is 0 Å². The Balaban J connectivity index is 2.17. The van der Waals surface area contributed by atoms with Crippen molar-refractivity contribution in [2.75, 3.05) is 13.7 Å². The minimum absolute atomic E-state index is 0.0514. The summed E-state index contributed by atoms with van der Waals surface area (Å²) in [7, 11) is 1.31. The fraction of sp³-hybridized carbons (Fsp3) is 0.500. The average Bonchev–Trinajstić information content (AvgIpc) is 3.14. The standard InChI is InChI=1S/C20H24N2O4/c1-13(2)16(11-18(23)15-7-4-6-14(10-15)12-21)19(24)22-9-5-8-17(22)20(25)26-3/h4,6-7,10,13,16-17H,5,8-9,11H2,1-3H3/t16-,17-/m0/s1. The second kappa shape index (κ2) is 8.61. The van der Waals surface area contributed by atoms with Crippen molar-refractivity contribution in [1.29, 1.82) is 5.26 Å². The molecule has 6 nitrogen and oxygen atoms in total. The van der Waals surface area contributed by atoms with E-state index in [1.165, 1.54) is 13.2 Å². The number of ketones is 1. The Kier molecular flexibility index (Phi) is 6.51. The molecular weight excluding hydrogens is 332 g/mol. The number of hydrogen-bond acceptors (Lipinski definition) is 5. The Morgan fingerprint density at radius 1 is 1.35 bits per heavy atom. The van der Waals surface area contributed by atoms with Gasteiger partial charge in [0.1, 0.15) is 6.04 Å². The summed E-state index contributed by atoms with van der Waals surface area (Å²) in [6.07, 6.45) is 1.38. The van der Waals surface area contributed by atoms with Crippen LogP contribution in [0.2, 0.25) is 0 Å². The molecule has 0 aromatic heterocycles. The van der Waals surface area contributed by atoms with Crippen molar-refractivity contribution >= 4 is 17.7 Å². The number of esters is 1. The number of methoxy groups -OCH3 is 1. The molecule has 0 saturated carbocycles. The van der Waals surface area contributed by atoms with Crippen molar-refractivity contribution in [1.82, 2.24) is 4.90 Å². The van der Waals surface area contributed by atoms with Gasteiger partial charge in [0, 0.05) is 24.4 Å². The molecule has 0 unspecified atom stereocenters. The van der Waals surface area contributed by atoms with E-state index >= 15 is 0 Å². The summed E-state index contributed by atoms with van der Waals surface area (Å²) in [4.78, 5) is 39.1. The summed E-state index contributed by atoms with van der Waals surface area (Å²) >= 11 is 0. The Hall–Kier alpha value is -2.68. The molecule has 1 fully saturated rings. The molecule has 6 heteroatoms. The normalized spacial score (nSPS) is 17.7. The zero-order chi connectivity index (χ0) is 19.3. The van der Waals surface area contributed by atoms with Crippen LogP contribution in [-0.4, -0.2) is 42.3 Å². The Morgan fingerprint density at radius 3 is 2.69 bits per heavy atom. The van der Waals surface area contributed by atoms with Gasteiger partial charge in [-0.2, -0.15) is 5.26 Å². The van der Waals surface area contributed by atoms with E-state index in [-0.39, 0.29) is 24.0 Å². The van der Waals surface area contributed by atoms with Crippen LogP contribution in [0.25, 0.3) is 0 Å². The van der Waals surface area contributed by atoms with Gasteiger partial charge in [-0.3, -0.25) is 9.59 Å². The Labute approximate surface area is 153 Å². The zero-order valence-corrected chi connectivity index (χ0v) is 15.4. The molecular formula is C20H24N2O4. The number of nitriles is 1. The van der Waals surface area contributed by atoms with E-state index in [4.69, 9.17) is 10.00 Å². The van der Waals surface area contributed by atoms with Crippen LogP contribution in [0.3, 0.4) is 0 Å². The molecule has 1 aromatic carbocycles. The van der Waals surface area contributed by atoms with Crippen molar-refractivity contribution < 1.29 is 19.1 Å². The maximum atomic E-state index is 13.0. The number of carbonyl (C=O) groups excluding carboxylic acids is 3. The largest absolute Gasteiger partial charge is 0.467 e. The SMILES string of the molecule is COC(=O)[C@@H]1CCCN1C(=O)[C@@H](CC(=O)c1cccc(C#N)c1)C(C)C. The van der Waals surface area contributed by atoms with Gasteiger partial charge in [0.15, 0.2) is 5.78 Å². The Bertz CT molecular complexity index is 736. The average molecular weight is 356 g/mol. The van der Waals surface area contributed by atoms with Gasteiger partial charge in [-0.15, -0.1) is 0 Å². The highest BCUT2D eigenvalue weighted by atomic mass is 16.5. The predicted molar refractivity (Wildman–Crippen MR) is 95.2 cm³/mol. The fourth-order valence-corrected chi connectivity index (χ4v) is 3.31. The monoisotopic (exact) mass is 356 g/mol. The van der Waals surface area contributed by atoms with Crippen LogP contribution in [-0.2, 0) is 14.3 Å². The summed E-state index contributed by atoms with van der Waals surface area (Å²) < 4.78 is 4.80. The molecule has 138 valence electrons. The molecule has 0 radical (unpaired) electrons. The number of Topliss-reactive ketones (excluding diaryl/α,β-unsaturated/α-hetero) is 1. The fourth-order valence-electron chi connectivity index (χ4n) is 3.31. The van der Waals surface area contributed by atoms with Gasteiger partial charge < -0.3 is 9.64 Å². The summed E-state index contributed by atoms with van der Waals surface area (Å²) in [6, 6.07) is 7.93. The predicted octanol–water partition coefficient (Wildman–Crippen LogP) is 2.57. The lowest BCUT2D eigenvalue weighted by Crippen LogP contribution is -2.45. The highest BCUT2D eigenvalue weighted by Gasteiger charge is 2.39. The van der Waals surface area contributed by atoms with Gasteiger partial charge in [-0.25, -0.2) is 4.79 Å². The quantitative estimate of drug-likeness (QED) is 0.577. The highest BCUT2D eigenvalue weighted by molar-refractivity contribution is 5.99. The van der Waals surface area contributed by atoms with E-state index in [1.54, 1.807) is 23.1 Å². The Morgan fingerprint density at radius 2 is 2.08 bits per heavy atom. The molecule has 26 heavy (non-hydrogen) atoms. The minimum Gasteiger partial charge on any atom is -0.467 e. The highest BCUT2D eigenvalue weighted by Crippen LogP contribution is 2.27. The lowest BCUT2D eigenvalue weighted by atomic mass is 9.87. The number of benzene rings is 1.